The summed E-state index contributed by atoms with van der Waals surface area (Å²) < 4.78 is 23.6. The molecule has 0 saturated carbocycles. The van der Waals surface area contributed by atoms with Gasteiger partial charge in [-0.3, -0.25) is 0 Å². The van der Waals surface area contributed by atoms with E-state index in [9.17, 15) is 4.39 Å². The van der Waals surface area contributed by atoms with Crippen LogP contribution in [0.15, 0.2) is 18.2 Å². The van der Waals surface area contributed by atoms with Crippen LogP contribution in [0.2, 0.25) is 0 Å². The predicted molar refractivity (Wildman–Crippen MR) is 65.7 cm³/mol. The Morgan fingerprint density at radius 3 is 2.53 bits per heavy atom. The highest BCUT2D eigenvalue weighted by Gasteiger charge is 2.16. The van der Waals surface area contributed by atoms with Gasteiger partial charge in [-0.15, -0.1) is 0 Å². The van der Waals surface area contributed by atoms with Crippen molar-refractivity contribution in [1.82, 2.24) is 0 Å². The Morgan fingerprint density at radius 2 is 2.06 bits per heavy atom. The first-order valence-electron chi connectivity index (χ1n) is 5.73. The number of methoxy groups -OCH3 is 2. The molecule has 0 aromatic heterocycles. The van der Waals surface area contributed by atoms with E-state index in [0.29, 0.717) is 6.42 Å². The molecule has 0 amide bonds. The number of hydrogen-bond acceptors (Lipinski definition) is 3. The molecule has 0 aliphatic carbocycles. The standard InChI is InChI=1S/C13H20FNO2/c1-4-12(16-2)11(15)8-9-5-6-13(17-3)10(14)7-9/h5-7,11-12H,4,8,15H2,1-3H3. The summed E-state index contributed by atoms with van der Waals surface area (Å²) in [7, 11) is 3.09. The van der Waals surface area contributed by atoms with Gasteiger partial charge >= 0.3 is 0 Å². The summed E-state index contributed by atoms with van der Waals surface area (Å²) in [5.41, 5.74) is 6.87. The molecule has 17 heavy (non-hydrogen) atoms. The molecule has 0 aliphatic heterocycles. The lowest BCUT2D eigenvalue weighted by atomic mass is 10.0. The van der Waals surface area contributed by atoms with Crippen molar-refractivity contribution in [2.75, 3.05) is 14.2 Å². The number of benzene rings is 1. The van der Waals surface area contributed by atoms with Crippen molar-refractivity contribution in [2.45, 2.75) is 31.9 Å². The average molecular weight is 241 g/mol. The van der Waals surface area contributed by atoms with E-state index in [2.05, 4.69) is 0 Å². The van der Waals surface area contributed by atoms with Gasteiger partial charge in [0.05, 0.1) is 13.2 Å². The molecule has 0 spiro atoms. The summed E-state index contributed by atoms with van der Waals surface area (Å²) in [6, 6.07) is 4.77. The third-order valence-corrected chi connectivity index (χ3v) is 2.87. The van der Waals surface area contributed by atoms with Crippen molar-refractivity contribution in [3.05, 3.63) is 29.6 Å². The van der Waals surface area contributed by atoms with E-state index in [4.69, 9.17) is 15.2 Å². The van der Waals surface area contributed by atoms with E-state index in [-0.39, 0.29) is 23.7 Å². The van der Waals surface area contributed by atoms with Gasteiger partial charge in [0.15, 0.2) is 11.6 Å². The molecule has 0 bridgehead atoms. The van der Waals surface area contributed by atoms with E-state index in [1.807, 2.05) is 13.0 Å². The van der Waals surface area contributed by atoms with E-state index < -0.39 is 0 Å². The Bertz CT molecular complexity index is 353. The molecule has 2 N–H and O–H groups in total. The molecule has 1 aromatic carbocycles. The lowest BCUT2D eigenvalue weighted by molar-refractivity contribution is 0.0773. The molecule has 4 heteroatoms. The smallest absolute Gasteiger partial charge is 0.165 e. The maximum absolute atomic E-state index is 13.5. The van der Waals surface area contributed by atoms with Crippen LogP contribution in [0.4, 0.5) is 4.39 Å². The number of nitrogens with two attached hydrogens (primary N) is 1. The first kappa shape index (κ1) is 13.9. The van der Waals surface area contributed by atoms with Crippen LogP contribution in [-0.4, -0.2) is 26.4 Å². The normalized spacial score (nSPS) is 14.4. The summed E-state index contributed by atoms with van der Waals surface area (Å²) in [5, 5.41) is 0. The van der Waals surface area contributed by atoms with Gasteiger partial charge in [-0.2, -0.15) is 0 Å². The Morgan fingerprint density at radius 1 is 1.35 bits per heavy atom. The molecule has 2 unspecified atom stereocenters. The van der Waals surface area contributed by atoms with Crippen LogP contribution in [0.5, 0.6) is 5.75 Å². The fraction of sp³-hybridized carbons (Fsp3) is 0.538. The second-order valence-corrected chi connectivity index (χ2v) is 4.02. The summed E-state index contributed by atoms with van der Waals surface area (Å²) in [6.07, 6.45) is 1.43. The van der Waals surface area contributed by atoms with E-state index in [1.54, 1.807) is 13.2 Å². The van der Waals surface area contributed by atoms with Crippen LogP contribution in [0, 0.1) is 5.82 Å². The minimum Gasteiger partial charge on any atom is -0.494 e. The molecule has 0 radical (unpaired) electrons. The molecule has 96 valence electrons. The SMILES string of the molecule is CCC(OC)C(N)Cc1ccc(OC)c(F)c1. The zero-order valence-corrected chi connectivity index (χ0v) is 10.6. The van der Waals surface area contributed by atoms with Crippen LogP contribution >= 0.6 is 0 Å². The van der Waals surface area contributed by atoms with Crippen LogP contribution in [0.3, 0.4) is 0 Å². The average Bonchev–Trinajstić information content (AvgIpc) is 2.31. The molecule has 1 rings (SSSR count). The van der Waals surface area contributed by atoms with Gasteiger partial charge in [0.1, 0.15) is 0 Å². The number of ether oxygens (including phenoxy) is 2. The molecule has 3 nitrogen and oxygen atoms in total. The van der Waals surface area contributed by atoms with Crippen molar-refractivity contribution < 1.29 is 13.9 Å². The van der Waals surface area contributed by atoms with Crippen molar-refractivity contribution in [2.24, 2.45) is 5.73 Å². The van der Waals surface area contributed by atoms with Crippen LogP contribution in [-0.2, 0) is 11.2 Å². The fourth-order valence-electron chi connectivity index (χ4n) is 1.88. The predicted octanol–water partition coefficient (Wildman–Crippen LogP) is 2.13. The second kappa shape index (κ2) is 6.57. The third-order valence-electron chi connectivity index (χ3n) is 2.87. The second-order valence-electron chi connectivity index (χ2n) is 4.02. The molecule has 0 saturated heterocycles. The number of rotatable bonds is 6. The monoisotopic (exact) mass is 241 g/mol. The maximum Gasteiger partial charge on any atom is 0.165 e. The lowest BCUT2D eigenvalue weighted by Crippen LogP contribution is -2.37. The Balaban J connectivity index is 2.71. The van der Waals surface area contributed by atoms with Crippen molar-refractivity contribution in [1.29, 1.82) is 0 Å². The zero-order valence-electron chi connectivity index (χ0n) is 10.6. The van der Waals surface area contributed by atoms with Gasteiger partial charge in [0, 0.05) is 13.2 Å². The quantitative estimate of drug-likeness (QED) is 0.829. The minimum absolute atomic E-state index is 0.000151. The molecular formula is C13H20FNO2. The lowest BCUT2D eigenvalue weighted by Gasteiger charge is -2.21. The molecule has 0 aliphatic rings. The third kappa shape index (κ3) is 3.68. The molecular weight excluding hydrogens is 221 g/mol. The fourth-order valence-corrected chi connectivity index (χ4v) is 1.88. The summed E-state index contributed by atoms with van der Waals surface area (Å²) in [5.74, 6) is -0.108. The van der Waals surface area contributed by atoms with E-state index in [0.717, 1.165) is 12.0 Å². The van der Waals surface area contributed by atoms with Gasteiger partial charge in [-0.25, -0.2) is 4.39 Å². The molecule has 1 aromatic rings. The summed E-state index contributed by atoms with van der Waals surface area (Å²) in [4.78, 5) is 0. The highest BCUT2D eigenvalue weighted by Crippen LogP contribution is 2.19. The largest absolute Gasteiger partial charge is 0.494 e. The Kier molecular flexibility index (Phi) is 5.38. The molecule has 2 atom stereocenters. The van der Waals surface area contributed by atoms with Crippen molar-refractivity contribution in [3.63, 3.8) is 0 Å². The first-order valence-corrected chi connectivity index (χ1v) is 5.73. The minimum atomic E-state index is -0.359. The van der Waals surface area contributed by atoms with E-state index in [1.165, 1.54) is 13.2 Å². The highest BCUT2D eigenvalue weighted by atomic mass is 19.1. The maximum atomic E-state index is 13.5. The molecule has 0 heterocycles. The van der Waals surface area contributed by atoms with Gasteiger partial charge < -0.3 is 15.2 Å². The summed E-state index contributed by atoms with van der Waals surface area (Å²) >= 11 is 0. The van der Waals surface area contributed by atoms with Gasteiger partial charge in [0.25, 0.3) is 0 Å². The van der Waals surface area contributed by atoms with Gasteiger partial charge in [0.2, 0.25) is 0 Å². The topological polar surface area (TPSA) is 44.5 Å². The zero-order chi connectivity index (χ0) is 12.8. The number of hydrogen-bond donors (Lipinski definition) is 1. The van der Waals surface area contributed by atoms with Crippen molar-refractivity contribution in [3.8, 4) is 5.75 Å². The van der Waals surface area contributed by atoms with Crippen LogP contribution in [0.1, 0.15) is 18.9 Å². The van der Waals surface area contributed by atoms with Gasteiger partial charge in [-0.1, -0.05) is 13.0 Å². The van der Waals surface area contributed by atoms with Crippen LogP contribution < -0.4 is 10.5 Å². The van der Waals surface area contributed by atoms with Gasteiger partial charge in [-0.05, 0) is 30.5 Å². The highest BCUT2D eigenvalue weighted by molar-refractivity contribution is 5.29. The Labute approximate surface area is 102 Å². The molecule has 0 fully saturated rings. The van der Waals surface area contributed by atoms with E-state index >= 15 is 0 Å². The number of halogens is 1. The van der Waals surface area contributed by atoms with Crippen molar-refractivity contribution >= 4 is 0 Å². The Hall–Kier alpha value is -1.13. The first-order chi connectivity index (χ1) is 8.12. The van der Waals surface area contributed by atoms with Crippen LogP contribution in [0.25, 0.3) is 0 Å². The summed E-state index contributed by atoms with van der Waals surface area (Å²) in [6.45, 7) is 2.02.